The van der Waals surface area contributed by atoms with Gasteiger partial charge in [0.1, 0.15) is 18.2 Å². The van der Waals surface area contributed by atoms with Gasteiger partial charge in [0, 0.05) is 11.8 Å². The Hall–Kier alpha value is -2.27. The van der Waals surface area contributed by atoms with Crippen LogP contribution in [0.4, 0.5) is 10.1 Å². The largest absolute Gasteiger partial charge is 0.488 e. The van der Waals surface area contributed by atoms with Crippen molar-refractivity contribution < 1.29 is 13.9 Å². The highest BCUT2D eigenvalue weighted by molar-refractivity contribution is 6.30. The van der Waals surface area contributed by atoms with Gasteiger partial charge in [-0.15, -0.1) is 0 Å². The number of hydrogen-bond acceptors (Lipinski definition) is 3. The Labute approximate surface area is 120 Å². The topological polar surface area (TPSA) is 78.3 Å². The smallest absolute Gasteiger partial charge is 0.252 e. The molecular weight excluding hydrogens is 283 g/mol. The zero-order valence-corrected chi connectivity index (χ0v) is 11.2. The number of carbonyl (C=O) groups excluding carboxylic acids is 1. The second-order valence-electron chi connectivity index (χ2n) is 4.16. The Morgan fingerprint density at radius 2 is 2.00 bits per heavy atom. The molecule has 0 spiro atoms. The molecule has 0 aliphatic rings. The average Bonchev–Trinajstić information content (AvgIpc) is 2.40. The molecule has 2 aromatic rings. The number of nitrogen functional groups attached to an aromatic ring is 1. The third-order valence-corrected chi connectivity index (χ3v) is 2.96. The second-order valence-corrected chi connectivity index (χ2v) is 4.56. The first-order chi connectivity index (χ1) is 9.47. The van der Waals surface area contributed by atoms with Crippen LogP contribution < -0.4 is 16.2 Å². The lowest BCUT2D eigenvalue weighted by atomic mass is 10.1. The molecule has 0 saturated carbocycles. The molecule has 4 nitrogen and oxygen atoms in total. The SMILES string of the molecule is NC(=O)c1ccc(N)cc1OCc1ccc(Cl)c(F)c1. The van der Waals surface area contributed by atoms with Crippen LogP contribution in [-0.2, 0) is 6.61 Å². The molecule has 0 atom stereocenters. The quantitative estimate of drug-likeness (QED) is 0.851. The van der Waals surface area contributed by atoms with Crippen LogP contribution in [-0.4, -0.2) is 5.91 Å². The molecule has 104 valence electrons. The first-order valence-corrected chi connectivity index (χ1v) is 6.11. The molecular formula is C14H12ClFN2O2. The zero-order chi connectivity index (χ0) is 14.7. The molecule has 0 bridgehead atoms. The molecule has 0 unspecified atom stereocenters. The van der Waals surface area contributed by atoms with E-state index in [-0.39, 0.29) is 22.9 Å². The van der Waals surface area contributed by atoms with Crippen molar-refractivity contribution in [3.8, 4) is 5.75 Å². The third kappa shape index (κ3) is 3.19. The van der Waals surface area contributed by atoms with Crippen LogP contribution in [0.3, 0.4) is 0 Å². The van der Waals surface area contributed by atoms with Crippen molar-refractivity contribution >= 4 is 23.2 Å². The zero-order valence-electron chi connectivity index (χ0n) is 10.4. The first-order valence-electron chi connectivity index (χ1n) is 5.73. The van der Waals surface area contributed by atoms with E-state index in [2.05, 4.69) is 0 Å². The third-order valence-electron chi connectivity index (χ3n) is 2.65. The van der Waals surface area contributed by atoms with Gasteiger partial charge < -0.3 is 16.2 Å². The van der Waals surface area contributed by atoms with E-state index in [0.717, 1.165) is 0 Å². The summed E-state index contributed by atoms with van der Waals surface area (Å²) in [6.45, 7) is 0.0673. The number of carbonyl (C=O) groups is 1. The fourth-order valence-corrected chi connectivity index (χ4v) is 1.77. The van der Waals surface area contributed by atoms with E-state index in [1.807, 2.05) is 0 Å². The summed E-state index contributed by atoms with van der Waals surface area (Å²) in [5.74, 6) is -0.898. The number of hydrogen-bond donors (Lipinski definition) is 2. The number of primary amides is 1. The first kappa shape index (κ1) is 14.1. The van der Waals surface area contributed by atoms with Gasteiger partial charge in [-0.1, -0.05) is 17.7 Å². The molecule has 0 aliphatic carbocycles. The minimum Gasteiger partial charge on any atom is -0.488 e. The van der Waals surface area contributed by atoms with E-state index >= 15 is 0 Å². The van der Waals surface area contributed by atoms with E-state index in [9.17, 15) is 9.18 Å². The van der Waals surface area contributed by atoms with Crippen molar-refractivity contribution in [2.75, 3.05) is 5.73 Å². The molecule has 2 rings (SSSR count). The summed E-state index contributed by atoms with van der Waals surface area (Å²) in [5.41, 5.74) is 12.1. The summed E-state index contributed by atoms with van der Waals surface area (Å²) in [6.07, 6.45) is 0. The monoisotopic (exact) mass is 294 g/mol. The Bertz CT molecular complexity index is 662. The van der Waals surface area contributed by atoms with Crippen LogP contribution in [0.25, 0.3) is 0 Å². The van der Waals surface area contributed by atoms with Crippen LogP contribution in [0.1, 0.15) is 15.9 Å². The maximum Gasteiger partial charge on any atom is 0.252 e. The normalized spacial score (nSPS) is 10.3. The molecule has 0 aliphatic heterocycles. The standard InChI is InChI=1S/C14H12ClFN2O2/c15-11-4-1-8(5-12(11)16)7-20-13-6-9(17)2-3-10(13)14(18)19/h1-6H,7,17H2,(H2,18,19). The Kier molecular flexibility index (Phi) is 4.10. The molecule has 0 heterocycles. The molecule has 6 heteroatoms. The van der Waals surface area contributed by atoms with E-state index in [4.69, 9.17) is 27.8 Å². The summed E-state index contributed by atoms with van der Waals surface area (Å²) in [4.78, 5) is 11.3. The maximum atomic E-state index is 13.3. The molecule has 0 saturated heterocycles. The number of rotatable bonds is 4. The molecule has 4 N–H and O–H groups in total. The predicted octanol–water partition coefficient (Wildman–Crippen LogP) is 2.74. The summed E-state index contributed by atoms with van der Waals surface area (Å²) in [6, 6.07) is 8.85. The fourth-order valence-electron chi connectivity index (χ4n) is 1.65. The highest BCUT2D eigenvalue weighted by atomic mass is 35.5. The van der Waals surface area contributed by atoms with Gasteiger partial charge in [-0.3, -0.25) is 4.79 Å². The van der Waals surface area contributed by atoms with E-state index in [1.165, 1.54) is 24.3 Å². The van der Waals surface area contributed by atoms with Crippen molar-refractivity contribution in [2.45, 2.75) is 6.61 Å². The van der Waals surface area contributed by atoms with Crippen LogP contribution in [0.15, 0.2) is 36.4 Å². The minimum atomic E-state index is -0.623. The lowest BCUT2D eigenvalue weighted by Crippen LogP contribution is -2.13. The highest BCUT2D eigenvalue weighted by Crippen LogP contribution is 2.23. The fraction of sp³-hybridized carbons (Fsp3) is 0.0714. The number of nitrogens with two attached hydrogens (primary N) is 2. The molecule has 20 heavy (non-hydrogen) atoms. The van der Waals surface area contributed by atoms with Crippen LogP contribution in [0.2, 0.25) is 5.02 Å². The van der Waals surface area contributed by atoms with Gasteiger partial charge in [-0.05, 0) is 29.8 Å². The minimum absolute atomic E-state index is 0.0375. The van der Waals surface area contributed by atoms with Gasteiger partial charge in [0.05, 0.1) is 10.6 Å². The molecule has 0 fully saturated rings. The summed E-state index contributed by atoms with van der Waals surface area (Å²) < 4.78 is 18.8. The van der Waals surface area contributed by atoms with E-state index < -0.39 is 11.7 Å². The maximum absolute atomic E-state index is 13.3. The molecule has 0 radical (unpaired) electrons. The summed E-state index contributed by atoms with van der Waals surface area (Å²) >= 11 is 5.59. The van der Waals surface area contributed by atoms with E-state index in [1.54, 1.807) is 12.1 Å². The van der Waals surface area contributed by atoms with Gasteiger partial charge in [0.2, 0.25) is 0 Å². The second kappa shape index (κ2) is 5.79. The number of anilines is 1. The lowest BCUT2D eigenvalue weighted by molar-refractivity contribution is 0.0996. The Morgan fingerprint density at radius 3 is 2.65 bits per heavy atom. The number of ether oxygens (including phenoxy) is 1. The molecule has 0 aromatic heterocycles. The van der Waals surface area contributed by atoms with Crippen LogP contribution in [0, 0.1) is 5.82 Å². The van der Waals surface area contributed by atoms with Gasteiger partial charge in [-0.2, -0.15) is 0 Å². The van der Waals surface area contributed by atoms with Crippen LogP contribution >= 0.6 is 11.6 Å². The van der Waals surface area contributed by atoms with Crippen molar-refractivity contribution in [2.24, 2.45) is 5.73 Å². The Morgan fingerprint density at radius 1 is 1.25 bits per heavy atom. The Balaban J connectivity index is 2.20. The van der Waals surface area contributed by atoms with Crippen molar-refractivity contribution in [3.05, 3.63) is 58.4 Å². The predicted molar refractivity (Wildman–Crippen MR) is 75.1 cm³/mol. The molecule has 1 amide bonds. The summed E-state index contributed by atoms with van der Waals surface area (Å²) in [7, 11) is 0. The van der Waals surface area contributed by atoms with Crippen molar-refractivity contribution in [1.29, 1.82) is 0 Å². The van der Waals surface area contributed by atoms with Crippen LogP contribution in [0.5, 0.6) is 5.75 Å². The van der Waals surface area contributed by atoms with Gasteiger partial charge in [0.25, 0.3) is 5.91 Å². The van der Waals surface area contributed by atoms with Gasteiger partial charge in [0.15, 0.2) is 0 Å². The average molecular weight is 295 g/mol. The summed E-state index contributed by atoms with van der Waals surface area (Å²) in [5, 5.41) is 0.0375. The van der Waals surface area contributed by atoms with Crippen molar-refractivity contribution in [3.63, 3.8) is 0 Å². The number of benzene rings is 2. The van der Waals surface area contributed by atoms with Gasteiger partial charge >= 0.3 is 0 Å². The lowest BCUT2D eigenvalue weighted by Gasteiger charge is -2.10. The van der Waals surface area contributed by atoms with E-state index in [0.29, 0.717) is 11.3 Å². The highest BCUT2D eigenvalue weighted by Gasteiger charge is 2.10. The molecule has 2 aromatic carbocycles. The number of amides is 1. The number of halogens is 2. The van der Waals surface area contributed by atoms with Crippen molar-refractivity contribution in [1.82, 2.24) is 0 Å². The van der Waals surface area contributed by atoms with Gasteiger partial charge in [-0.25, -0.2) is 4.39 Å².